The second kappa shape index (κ2) is 4.46. The van der Waals surface area contributed by atoms with Gasteiger partial charge in [0.1, 0.15) is 0 Å². The highest BCUT2D eigenvalue weighted by molar-refractivity contribution is 5.32. The highest BCUT2D eigenvalue weighted by Crippen LogP contribution is 2.29. The normalized spacial score (nSPS) is 21.5. The summed E-state index contributed by atoms with van der Waals surface area (Å²) in [5.74, 6) is 0. The van der Waals surface area contributed by atoms with Gasteiger partial charge in [0.05, 0.1) is 12.1 Å². The van der Waals surface area contributed by atoms with Crippen LogP contribution in [-0.2, 0) is 6.42 Å². The minimum absolute atomic E-state index is 0.0684. The summed E-state index contributed by atoms with van der Waals surface area (Å²) in [5.41, 5.74) is 2.82. The zero-order valence-electron chi connectivity index (χ0n) is 9.03. The summed E-state index contributed by atoms with van der Waals surface area (Å²) < 4.78 is 0. The van der Waals surface area contributed by atoms with Crippen LogP contribution in [0.5, 0.6) is 0 Å². The van der Waals surface area contributed by atoms with Gasteiger partial charge in [-0.3, -0.25) is 5.32 Å². The van der Waals surface area contributed by atoms with Crippen LogP contribution < -0.4 is 5.32 Å². The second-order valence-corrected chi connectivity index (χ2v) is 4.16. The second-order valence-electron chi connectivity index (χ2n) is 4.16. The first-order valence-corrected chi connectivity index (χ1v) is 5.54. The van der Waals surface area contributed by atoms with Crippen molar-refractivity contribution >= 4 is 0 Å². The van der Waals surface area contributed by atoms with Crippen molar-refractivity contribution in [2.45, 2.75) is 38.3 Å². The summed E-state index contributed by atoms with van der Waals surface area (Å²) in [5, 5.41) is 12.2. The van der Waals surface area contributed by atoms with E-state index in [0.717, 1.165) is 6.42 Å². The van der Waals surface area contributed by atoms with Gasteiger partial charge in [0, 0.05) is 6.04 Å². The van der Waals surface area contributed by atoms with Crippen LogP contribution in [0.15, 0.2) is 24.3 Å². The van der Waals surface area contributed by atoms with Gasteiger partial charge in [0.15, 0.2) is 0 Å². The summed E-state index contributed by atoms with van der Waals surface area (Å²) >= 11 is 0. The van der Waals surface area contributed by atoms with Crippen LogP contribution in [0.3, 0.4) is 0 Å². The van der Waals surface area contributed by atoms with Crippen molar-refractivity contribution in [1.82, 2.24) is 5.32 Å². The predicted molar refractivity (Wildman–Crippen MR) is 60.3 cm³/mol. The van der Waals surface area contributed by atoms with E-state index in [1.807, 2.05) is 6.92 Å². The zero-order valence-corrected chi connectivity index (χ0v) is 9.03. The van der Waals surface area contributed by atoms with Crippen molar-refractivity contribution in [3.8, 4) is 6.07 Å². The van der Waals surface area contributed by atoms with Crippen LogP contribution in [0.25, 0.3) is 0 Å². The van der Waals surface area contributed by atoms with E-state index in [-0.39, 0.29) is 6.04 Å². The summed E-state index contributed by atoms with van der Waals surface area (Å²) in [6.07, 6.45) is 3.53. The molecule has 1 aromatic carbocycles. The lowest BCUT2D eigenvalue weighted by atomic mass is 9.87. The number of hydrogen-bond acceptors (Lipinski definition) is 2. The van der Waals surface area contributed by atoms with Crippen molar-refractivity contribution in [1.29, 1.82) is 5.26 Å². The Bertz CT molecular complexity index is 378. The molecule has 0 aromatic heterocycles. The number of nitrogens with one attached hydrogen (secondary N) is 1. The van der Waals surface area contributed by atoms with Crippen LogP contribution in [0.2, 0.25) is 0 Å². The molecule has 0 heterocycles. The molecule has 78 valence electrons. The van der Waals surface area contributed by atoms with Crippen LogP contribution in [0.4, 0.5) is 0 Å². The Morgan fingerprint density at radius 2 is 2.27 bits per heavy atom. The topological polar surface area (TPSA) is 35.8 Å². The Morgan fingerprint density at radius 3 is 3.07 bits per heavy atom. The molecule has 2 nitrogen and oxygen atoms in total. The molecule has 1 aliphatic rings. The molecule has 0 amide bonds. The van der Waals surface area contributed by atoms with Crippen molar-refractivity contribution in [2.24, 2.45) is 0 Å². The maximum atomic E-state index is 8.80. The number of aryl methyl sites for hydroxylation is 1. The summed E-state index contributed by atoms with van der Waals surface area (Å²) in [4.78, 5) is 0. The molecule has 0 radical (unpaired) electrons. The van der Waals surface area contributed by atoms with Crippen molar-refractivity contribution in [3.63, 3.8) is 0 Å². The van der Waals surface area contributed by atoms with Gasteiger partial charge in [-0.2, -0.15) is 5.26 Å². The molecule has 2 heteroatoms. The van der Waals surface area contributed by atoms with E-state index in [1.54, 1.807) is 0 Å². The molecule has 1 aromatic rings. The lowest BCUT2D eigenvalue weighted by Gasteiger charge is -2.27. The fraction of sp³-hybridized carbons (Fsp3) is 0.462. The zero-order chi connectivity index (χ0) is 10.7. The fourth-order valence-electron chi connectivity index (χ4n) is 2.27. The Kier molecular flexibility index (Phi) is 3.03. The molecule has 1 aliphatic carbocycles. The van der Waals surface area contributed by atoms with Gasteiger partial charge >= 0.3 is 0 Å². The Morgan fingerprint density at radius 1 is 1.47 bits per heavy atom. The molecule has 2 unspecified atom stereocenters. The standard InChI is InChI=1S/C13H16N2/c1-10(9-14)15-13-8-4-6-11-5-2-3-7-12(11)13/h2-3,5,7,10,13,15H,4,6,8H2,1H3. The average Bonchev–Trinajstić information content (AvgIpc) is 2.29. The highest BCUT2D eigenvalue weighted by Gasteiger charge is 2.20. The van der Waals surface area contributed by atoms with Gasteiger partial charge in [-0.15, -0.1) is 0 Å². The molecule has 15 heavy (non-hydrogen) atoms. The van der Waals surface area contributed by atoms with Gasteiger partial charge in [-0.25, -0.2) is 0 Å². The molecular formula is C13H16N2. The van der Waals surface area contributed by atoms with E-state index in [0.29, 0.717) is 6.04 Å². The Hall–Kier alpha value is -1.33. The molecule has 0 aliphatic heterocycles. The molecule has 0 fully saturated rings. The number of rotatable bonds is 2. The first-order valence-electron chi connectivity index (χ1n) is 5.54. The summed E-state index contributed by atoms with van der Waals surface area (Å²) in [6.45, 7) is 1.91. The van der Waals surface area contributed by atoms with E-state index >= 15 is 0 Å². The van der Waals surface area contributed by atoms with E-state index in [9.17, 15) is 0 Å². The SMILES string of the molecule is CC(C#N)NC1CCCc2ccccc21. The summed E-state index contributed by atoms with van der Waals surface area (Å²) in [6, 6.07) is 11.1. The lowest BCUT2D eigenvalue weighted by molar-refractivity contribution is 0.443. The largest absolute Gasteiger partial charge is 0.295 e. The van der Waals surface area contributed by atoms with E-state index in [4.69, 9.17) is 5.26 Å². The smallest absolute Gasteiger partial charge is 0.0929 e. The van der Waals surface area contributed by atoms with Crippen LogP contribution in [0.1, 0.15) is 36.9 Å². The quantitative estimate of drug-likeness (QED) is 0.796. The first-order chi connectivity index (χ1) is 7.31. The van der Waals surface area contributed by atoms with Gasteiger partial charge < -0.3 is 0 Å². The van der Waals surface area contributed by atoms with E-state index < -0.39 is 0 Å². The molecule has 1 N–H and O–H groups in total. The maximum absolute atomic E-state index is 8.80. The van der Waals surface area contributed by atoms with Crippen molar-refractivity contribution < 1.29 is 0 Å². The van der Waals surface area contributed by atoms with Gasteiger partial charge in [-0.1, -0.05) is 24.3 Å². The molecule has 0 saturated carbocycles. The number of nitriles is 1. The predicted octanol–water partition coefficient (Wildman–Crippen LogP) is 2.57. The van der Waals surface area contributed by atoms with Gasteiger partial charge in [0.2, 0.25) is 0 Å². The molecule has 0 spiro atoms. The van der Waals surface area contributed by atoms with Gasteiger partial charge in [-0.05, 0) is 37.3 Å². The monoisotopic (exact) mass is 200 g/mol. The third-order valence-electron chi connectivity index (χ3n) is 3.01. The molecule has 2 rings (SSSR count). The van der Waals surface area contributed by atoms with Crippen LogP contribution in [0, 0.1) is 11.3 Å². The summed E-state index contributed by atoms with van der Waals surface area (Å²) in [7, 11) is 0. The minimum atomic E-state index is -0.0684. The highest BCUT2D eigenvalue weighted by atomic mass is 14.9. The third kappa shape index (κ3) is 2.19. The van der Waals surface area contributed by atoms with Gasteiger partial charge in [0.25, 0.3) is 0 Å². The van der Waals surface area contributed by atoms with Crippen molar-refractivity contribution in [2.75, 3.05) is 0 Å². The Labute approximate surface area is 90.9 Å². The maximum Gasteiger partial charge on any atom is 0.0929 e. The number of nitrogens with zero attached hydrogens (tertiary/aromatic N) is 1. The average molecular weight is 200 g/mol. The number of benzene rings is 1. The minimum Gasteiger partial charge on any atom is -0.295 e. The lowest BCUT2D eigenvalue weighted by Crippen LogP contribution is -2.31. The Balaban J connectivity index is 2.19. The molecule has 0 saturated heterocycles. The van der Waals surface area contributed by atoms with Crippen molar-refractivity contribution in [3.05, 3.63) is 35.4 Å². The third-order valence-corrected chi connectivity index (χ3v) is 3.01. The molecule has 2 atom stereocenters. The number of fused-ring (bicyclic) bond motifs is 1. The molecular weight excluding hydrogens is 184 g/mol. The van der Waals surface area contributed by atoms with Crippen LogP contribution in [-0.4, -0.2) is 6.04 Å². The fourth-order valence-corrected chi connectivity index (χ4v) is 2.27. The number of hydrogen-bond donors (Lipinski definition) is 1. The van der Waals surface area contributed by atoms with E-state index in [2.05, 4.69) is 35.7 Å². The van der Waals surface area contributed by atoms with Crippen LogP contribution >= 0.6 is 0 Å². The molecule has 0 bridgehead atoms. The van der Waals surface area contributed by atoms with E-state index in [1.165, 1.54) is 24.0 Å². The first kappa shape index (κ1) is 10.2.